The summed E-state index contributed by atoms with van der Waals surface area (Å²) in [5, 5.41) is 0.340. The molecule has 3 aromatic carbocycles. The van der Waals surface area contributed by atoms with Crippen LogP contribution in [0.5, 0.6) is 0 Å². The number of amides is 2. The summed E-state index contributed by atoms with van der Waals surface area (Å²) in [7, 11) is -2.15. The lowest BCUT2D eigenvalue weighted by Gasteiger charge is -2.38. The third-order valence-corrected chi connectivity index (χ3v) is 8.92. The molecule has 0 aromatic heterocycles. The molecule has 0 radical (unpaired) electrons. The van der Waals surface area contributed by atoms with Gasteiger partial charge in [-0.25, -0.2) is 9.69 Å². The van der Waals surface area contributed by atoms with Crippen LogP contribution >= 0.6 is 23.4 Å². The average Bonchev–Trinajstić information content (AvgIpc) is 3.20. The third kappa shape index (κ3) is 6.34. The predicted octanol–water partition coefficient (Wildman–Crippen LogP) is 8.06. The summed E-state index contributed by atoms with van der Waals surface area (Å²) in [6.45, 7) is 8.18. The number of thioether (sulfide) groups is 1. The molecular weight excluding hydrogens is 534 g/mol. The molecule has 8 heteroatoms. The van der Waals surface area contributed by atoms with E-state index in [1.807, 2.05) is 98.1 Å². The van der Waals surface area contributed by atoms with Crippen molar-refractivity contribution in [2.75, 3.05) is 6.26 Å². The van der Waals surface area contributed by atoms with Crippen molar-refractivity contribution < 1.29 is 18.8 Å². The smallest absolute Gasteiger partial charge is 0.417 e. The van der Waals surface area contributed by atoms with Gasteiger partial charge in [-0.1, -0.05) is 84.4 Å². The fourth-order valence-electron chi connectivity index (χ4n) is 4.94. The van der Waals surface area contributed by atoms with E-state index in [4.69, 9.17) is 20.8 Å². The highest BCUT2D eigenvalue weighted by Crippen LogP contribution is 2.46. The number of carbonyl (C=O) groups is 2. The lowest BCUT2D eigenvalue weighted by molar-refractivity contribution is -0.137. The quantitative estimate of drug-likeness (QED) is 0.245. The van der Waals surface area contributed by atoms with Gasteiger partial charge in [0, 0.05) is 10.3 Å². The first kappa shape index (κ1) is 28.4. The minimum Gasteiger partial charge on any atom is -0.439 e. The van der Waals surface area contributed by atoms with Gasteiger partial charge in [0.2, 0.25) is 5.91 Å². The van der Waals surface area contributed by atoms with E-state index in [9.17, 15) is 9.59 Å². The zero-order valence-electron chi connectivity index (χ0n) is 22.3. The molecule has 1 heterocycles. The van der Waals surface area contributed by atoms with Crippen LogP contribution in [0.2, 0.25) is 24.7 Å². The normalized spacial score (nSPS) is 20.1. The van der Waals surface area contributed by atoms with Gasteiger partial charge in [-0.05, 0) is 61.6 Å². The van der Waals surface area contributed by atoms with Gasteiger partial charge < -0.3 is 9.16 Å². The van der Waals surface area contributed by atoms with E-state index < -0.39 is 38.6 Å². The number of nitrogens with zero attached hydrogens (tertiary/aromatic N) is 1. The first-order chi connectivity index (χ1) is 18.1. The maximum Gasteiger partial charge on any atom is 0.417 e. The van der Waals surface area contributed by atoms with Crippen molar-refractivity contribution in [3.8, 4) is 0 Å². The highest BCUT2D eigenvalue weighted by molar-refractivity contribution is 7.98. The van der Waals surface area contributed by atoms with Gasteiger partial charge in [-0.2, -0.15) is 11.8 Å². The Morgan fingerprint density at radius 3 is 2.08 bits per heavy atom. The molecule has 4 rings (SSSR count). The number of ether oxygens (including phenoxy) is 1. The summed E-state index contributed by atoms with van der Waals surface area (Å²) >= 11 is 7.80. The van der Waals surface area contributed by atoms with Crippen molar-refractivity contribution in [3.05, 3.63) is 107 Å². The van der Waals surface area contributed by atoms with Gasteiger partial charge in [0.05, 0.1) is 18.1 Å². The van der Waals surface area contributed by atoms with E-state index in [1.54, 1.807) is 11.8 Å². The second-order valence-electron chi connectivity index (χ2n) is 10.5. The second-order valence-corrected chi connectivity index (χ2v) is 16.3. The second kappa shape index (κ2) is 12.1. The average molecular weight is 568 g/mol. The first-order valence-electron chi connectivity index (χ1n) is 12.7. The molecular formula is C30H34ClNO4SSi. The highest BCUT2D eigenvalue weighted by atomic mass is 35.5. The van der Waals surface area contributed by atoms with Gasteiger partial charge in [0.1, 0.15) is 6.10 Å². The standard InChI is InChI=1S/C30H34ClNO4SSi/c1-20-26(21-12-8-6-9-13-21)35-30(34)32(20)29(33)25(28(37-2)23-14-10-7-11-15-23)27(36-38(3,4)5)22-16-18-24(31)19-17-22/h6-20,25-28H,1-5H3/t20-,25-,26-,27-,28-/m0/s1. The lowest BCUT2D eigenvalue weighted by atomic mass is 9.87. The minimum absolute atomic E-state index is 0.267. The summed E-state index contributed by atoms with van der Waals surface area (Å²) in [5.74, 6) is -0.993. The van der Waals surface area contributed by atoms with Crippen molar-refractivity contribution in [1.29, 1.82) is 0 Å². The third-order valence-electron chi connectivity index (χ3n) is 6.63. The molecule has 0 saturated carbocycles. The number of benzene rings is 3. The van der Waals surface area contributed by atoms with Crippen molar-refractivity contribution in [2.45, 2.75) is 50.1 Å². The summed E-state index contributed by atoms with van der Waals surface area (Å²) in [5.41, 5.74) is 2.71. The molecule has 200 valence electrons. The molecule has 0 spiro atoms. The maximum absolute atomic E-state index is 14.6. The topological polar surface area (TPSA) is 55.8 Å². The van der Waals surface area contributed by atoms with E-state index in [2.05, 4.69) is 19.6 Å². The van der Waals surface area contributed by atoms with Gasteiger partial charge >= 0.3 is 6.09 Å². The number of hydrogen-bond acceptors (Lipinski definition) is 5. The molecule has 1 aliphatic rings. The highest BCUT2D eigenvalue weighted by Gasteiger charge is 2.50. The van der Waals surface area contributed by atoms with E-state index >= 15 is 0 Å². The van der Waals surface area contributed by atoms with Crippen LogP contribution in [0, 0.1) is 5.92 Å². The lowest BCUT2D eigenvalue weighted by Crippen LogP contribution is -2.46. The van der Waals surface area contributed by atoms with Gasteiger partial charge in [0.25, 0.3) is 0 Å². The molecule has 1 saturated heterocycles. The molecule has 2 amide bonds. The predicted molar refractivity (Wildman–Crippen MR) is 157 cm³/mol. The van der Waals surface area contributed by atoms with Gasteiger partial charge in [-0.3, -0.25) is 4.79 Å². The Balaban J connectivity index is 1.82. The van der Waals surface area contributed by atoms with Crippen LogP contribution in [-0.4, -0.2) is 37.5 Å². The molecule has 1 fully saturated rings. The van der Waals surface area contributed by atoms with Crippen molar-refractivity contribution in [3.63, 3.8) is 0 Å². The Bertz CT molecular complexity index is 1240. The van der Waals surface area contributed by atoms with Crippen LogP contribution in [0.4, 0.5) is 4.79 Å². The van der Waals surface area contributed by atoms with E-state index in [-0.39, 0.29) is 11.2 Å². The van der Waals surface area contributed by atoms with Crippen LogP contribution in [0.15, 0.2) is 84.9 Å². The molecule has 0 unspecified atom stereocenters. The Morgan fingerprint density at radius 1 is 0.947 bits per heavy atom. The Kier molecular flexibility index (Phi) is 9.03. The summed E-state index contributed by atoms with van der Waals surface area (Å²) < 4.78 is 12.6. The van der Waals surface area contributed by atoms with Crippen LogP contribution in [0.1, 0.15) is 41.1 Å². The molecule has 3 aromatic rings. The van der Waals surface area contributed by atoms with Gasteiger partial charge in [-0.15, -0.1) is 0 Å². The largest absolute Gasteiger partial charge is 0.439 e. The first-order valence-corrected chi connectivity index (χ1v) is 17.8. The Morgan fingerprint density at radius 2 is 1.53 bits per heavy atom. The fourth-order valence-corrected chi connectivity index (χ4v) is 7.09. The summed E-state index contributed by atoms with van der Waals surface area (Å²) in [4.78, 5) is 29.2. The molecule has 5 atom stereocenters. The number of halogens is 1. The molecule has 5 nitrogen and oxygen atoms in total. The molecule has 0 N–H and O–H groups in total. The molecule has 1 aliphatic heterocycles. The number of imide groups is 1. The Labute approximate surface area is 235 Å². The zero-order valence-corrected chi connectivity index (χ0v) is 24.9. The van der Waals surface area contributed by atoms with Crippen molar-refractivity contribution in [2.24, 2.45) is 5.92 Å². The van der Waals surface area contributed by atoms with Crippen molar-refractivity contribution in [1.82, 2.24) is 4.90 Å². The summed E-state index contributed by atoms with van der Waals surface area (Å²) in [6.07, 6.45) is 0.241. The van der Waals surface area contributed by atoms with Crippen LogP contribution in [0.3, 0.4) is 0 Å². The number of rotatable bonds is 9. The molecule has 0 aliphatic carbocycles. The zero-order chi connectivity index (χ0) is 27.4. The maximum atomic E-state index is 14.6. The fraction of sp³-hybridized carbons (Fsp3) is 0.333. The number of cyclic esters (lactones) is 1. The van der Waals surface area contributed by atoms with Crippen LogP contribution < -0.4 is 0 Å². The molecule has 0 bridgehead atoms. The number of hydrogen-bond donors (Lipinski definition) is 0. The van der Waals surface area contributed by atoms with Crippen LogP contribution in [0.25, 0.3) is 0 Å². The SMILES string of the molecule is CS[C@@H](c1ccccc1)[C@@H](C(=O)N1C(=O)O[C@H](c2ccccc2)[C@@H]1C)[C@@H](O[Si](C)(C)C)c1ccc(Cl)cc1. The monoisotopic (exact) mass is 567 g/mol. The van der Waals surface area contributed by atoms with E-state index in [0.717, 1.165) is 16.7 Å². The van der Waals surface area contributed by atoms with Gasteiger partial charge in [0.15, 0.2) is 8.32 Å². The minimum atomic E-state index is -2.15. The summed E-state index contributed by atoms with van der Waals surface area (Å²) in [6, 6.07) is 26.5. The van der Waals surface area contributed by atoms with E-state index in [1.165, 1.54) is 4.90 Å². The molecule has 38 heavy (non-hydrogen) atoms. The Hall–Kier alpha value is -2.58. The van der Waals surface area contributed by atoms with E-state index in [0.29, 0.717) is 5.02 Å². The number of carbonyl (C=O) groups excluding carboxylic acids is 2. The van der Waals surface area contributed by atoms with Crippen LogP contribution in [-0.2, 0) is 14.0 Å². The van der Waals surface area contributed by atoms with Crippen molar-refractivity contribution >= 4 is 43.7 Å².